The molecule has 1 aromatic heterocycles. The van der Waals surface area contributed by atoms with Crippen LogP contribution in [0.3, 0.4) is 0 Å². The quantitative estimate of drug-likeness (QED) is 0.659. The molecule has 0 bridgehead atoms. The van der Waals surface area contributed by atoms with E-state index in [0.29, 0.717) is 11.9 Å². The van der Waals surface area contributed by atoms with Gasteiger partial charge in [-0.05, 0) is 25.1 Å². The van der Waals surface area contributed by atoms with Crippen molar-refractivity contribution in [2.45, 2.75) is 6.92 Å². The van der Waals surface area contributed by atoms with Crippen LogP contribution in [0.15, 0.2) is 36.4 Å². The van der Waals surface area contributed by atoms with Gasteiger partial charge in [-0.3, -0.25) is 19.7 Å². The number of aromatic nitrogens is 1. The number of amides is 2. The van der Waals surface area contributed by atoms with Crippen molar-refractivity contribution in [3.63, 3.8) is 0 Å². The highest BCUT2D eigenvalue weighted by Crippen LogP contribution is 2.17. The fourth-order valence-electron chi connectivity index (χ4n) is 2.08. The smallest absolute Gasteiger partial charge is 0.272 e. The van der Waals surface area contributed by atoms with Crippen molar-refractivity contribution >= 4 is 23.3 Å². The van der Waals surface area contributed by atoms with Crippen molar-refractivity contribution in [2.24, 2.45) is 0 Å². The summed E-state index contributed by atoms with van der Waals surface area (Å²) in [6, 6.07) is 7.80. The fraction of sp³-hybridized carbons (Fsp3) is 0.188. The van der Waals surface area contributed by atoms with E-state index in [2.05, 4.69) is 10.3 Å². The van der Waals surface area contributed by atoms with E-state index >= 15 is 0 Å². The Bertz CT molecular complexity index is 841. The number of rotatable bonds is 5. The van der Waals surface area contributed by atoms with Crippen LogP contribution >= 0.6 is 0 Å². The number of carbonyl (C=O) groups excluding carboxylic acids is 2. The van der Waals surface area contributed by atoms with Gasteiger partial charge in [-0.1, -0.05) is 6.07 Å². The molecule has 0 saturated heterocycles. The van der Waals surface area contributed by atoms with Gasteiger partial charge in [0.05, 0.1) is 23.1 Å². The minimum absolute atomic E-state index is 0.328. The predicted molar refractivity (Wildman–Crippen MR) is 87.6 cm³/mol. The highest BCUT2D eigenvalue weighted by molar-refractivity contribution is 5.99. The number of aryl methyl sites for hydroxylation is 1. The summed E-state index contributed by atoms with van der Waals surface area (Å²) in [6.45, 7) is 1.44. The Kier molecular flexibility index (Phi) is 5.38. The Morgan fingerprint density at radius 1 is 1.32 bits per heavy atom. The number of hydrogen-bond acceptors (Lipinski definition) is 5. The molecule has 1 N–H and O–H groups in total. The first-order valence-electron chi connectivity index (χ1n) is 7.21. The van der Waals surface area contributed by atoms with Gasteiger partial charge in [-0.25, -0.2) is 9.37 Å². The van der Waals surface area contributed by atoms with Gasteiger partial charge >= 0.3 is 0 Å². The number of nitrogens with one attached hydrogen (secondary N) is 1. The summed E-state index contributed by atoms with van der Waals surface area (Å²) in [6.07, 6.45) is 0. The molecule has 1 aromatic carbocycles. The van der Waals surface area contributed by atoms with Crippen molar-refractivity contribution in [2.75, 3.05) is 18.9 Å². The number of hydrogen-bond donors (Lipinski definition) is 1. The number of pyridine rings is 1. The average Bonchev–Trinajstić information content (AvgIpc) is 2.53. The molecule has 0 saturated carbocycles. The zero-order chi connectivity index (χ0) is 18.6. The summed E-state index contributed by atoms with van der Waals surface area (Å²) in [4.78, 5) is 39.1. The molecule has 1 heterocycles. The number of likely N-dealkylation sites (N-methyl/N-ethyl adjacent to an activating group) is 1. The van der Waals surface area contributed by atoms with Crippen LogP contribution in [0.25, 0.3) is 0 Å². The molecule has 2 aromatic rings. The van der Waals surface area contributed by atoms with Crippen molar-refractivity contribution in [3.8, 4) is 0 Å². The second-order valence-electron chi connectivity index (χ2n) is 5.29. The van der Waals surface area contributed by atoms with Crippen LogP contribution < -0.4 is 5.32 Å². The maximum Gasteiger partial charge on any atom is 0.272 e. The van der Waals surface area contributed by atoms with E-state index in [9.17, 15) is 24.1 Å². The Morgan fingerprint density at radius 3 is 2.64 bits per heavy atom. The van der Waals surface area contributed by atoms with E-state index < -0.39 is 28.2 Å². The van der Waals surface area contributed by atoms with E-state index in [-0.39, 0.29) is 12.1 Å². The Hall–Kier alpha value is -3.36. The summed E-state index contributed by atoms with van der Waals surface area (Å²) in [5, 5.41) is 13.1. The fourth-order valence-corrected chi connectivity index (χ4v) is 2.08. The average molecular weight is 346 g/mol. The van der Waals surface area contributed by atoms with Gasteiger partial charge in [0.1, 0.15) is 11.6 Å². The lowest BCUT2D eigenvalue weighted by atomic mass is 10.1. The Morgan fingerprint density at radius 2 is 2.04 bits per heavy atom. The van der Waals surface area contributed by atoms with Gasteiger partial charge in [0, 0.05) is 18.8 Å². The molecule has 9 heteroatoms. The minimum atomic E-state index is -1.02. The topological polar surface area (TPSA) is 105 Å². The third-order valence-corrected chi connectivity index (χ3v) is 3.28. The number of nitro benzene ring substituents is 1. The number of nitro groups is 1. The van der Waals surface area contributed by atoms with Crippen LogP contribution in [-0.2, 0) is 4.79 Å². The maximum absolute atomic E-state index is 13.9. The van der Waals surface area contributed by atoms with E-state index in [1.807, 2.05) is 0 Å². The lowest BCUT2D eigenvalue weighted by molar-refractivity contribution is -0.385. The largest absolute Gasteiger partial charge is 0.332 e. The van der Waals surface area contributed by atoms with Crippen molar-refractivity contribution in [1.29, 1.82) is 0 Å². The molecule has 8 nitrogen and oxygen atoms in total. The summed E-state index contributed by atoms with van der Waals surface area (Å²) in [5.74, 6) is -1.95. The molecule has 0 spiro atoms. The second-order valence-corrected chi connectivity index (χ2v) is 5.29. The molecule has 2 rings (SSSR count). The molecule has 0 radical (unpaired) electrons. The number of halogens is 1. The molecule has 0 unspecified atom stereocenters. The minimum Gasteiger partial charge on any atom is -0.332 e. The monoisotopic (exact) mass is 346 g/mol. The highest BCUT2D eigenvalue weighted by Gasteiger charge is 2.21. The summed E-state index contributed by atoms with van der Waals surface area (Å²) < 4.78 is 13.9. The predicted octanol–water partition coefficient (Wildman–Crippen LogP) is 2.15. The van der Waals surface area contributed by atoms with Gasteiger partial charge in [-0.15, -0.1) is 0 Å². The van der Waals surface area contributed by atoms with Crippen molar-refractivity contribution < 1.29 is 18.9 Å². The number of non-ortho nitro benzene ring substituents is 1. The second kappa shape index (κ2) is 7.47. The zero-order valence-corrected chi connectivity index (χ0v) is 13.5. The van der Waals surface area contributed by atoms with Crippen LogP contribution in [0.1, 0.15) is 16.1 Å². The van der Waals surface area contributed by atoms with Crippen molar-refractivity contribution in [1.82, 2.24) is 9.88 Å². The molecule has 2 amide bonds. The number of nitrogens with zero attached hydrogens (tertiary/aromatic N) is 3. The normalized spacial score (nSPS) is 10.2. The molecule has 130 valence electrons. The molecule has 0 fully saturated rings. The van der Waals surface area contributed by atoms with E-state index in [4.69, 9.17) is 0 Å². The van der Waals surface area contributed by atoms with Crippen LogP contribution in [0.5, 0.6) is 0 Å². The molecule has 25 heavy (non-hydrogen) atoms. The SMILES string of the molecule is Cc1cccc(NC(=O)CN(C)C(=O)c2ccc([N+](=O)[O-])cc2F)n1. The first-order valence-corrected chi connectivity index (χ1v) is 7.21. The zero-order valence-electron chi connectivity index (χ0n) is 13.5. The standard InChI is InChI=1S/C16H15FN4O4/c1-10-4-3-5-14(18-10)19-15(22)9-20(2)16(23)12-7-6-11(21(24)25)8-13(12)17/h3-8H,9H2,1-2H3,(H,18,19,22). The summed E-state index contributed by atoms with van der Waals surface area (Å²) in [5.41, 5.74) is -0.0928. The van der Waals surface area contributed by atoms with Crippen LogP contribution in [0.2, 0.25) is 0 Å². The molecule has 0 aliphatic rings. The van der Waals surface area contributed by atoms with Crippen LogP contribution in [0, 0.1) is 22.9 Å². The maximum atomic E-state index is 13.9. The molecular weight excluding hydrogens is 331 g/mol. The van der Waals surface area contributed by atoms with E-state index in [1.54, 1.807) is 25.1 Å². The Labute approximate surface area is 142 Å². The van der Waals surface area contributed by atoms with Crippen LogP contribution in [0.4, 0.5) is 15.9 Å². The van der Waals surface area contributed by atoms with Gasteiger partial charge < -0.3 is 10.2 Å². The van der Waals surface area contributed by atoms with Gasteiger partial charge in [0.15, 0.2) is 0 Å². The van der Waals surface area contributed by atoms with Gasteiger partial charge in [0.2, 0.25) is 5.91 Å². The molecule has 0 aliphatic carbocycles. The third kappa shape index (κ3) is 4.56. The Balaban J connectivity index is 2.04. The van der Waals surface area contributed by atoms with Gasteiger partial charge in [-0.2, -0.15) is 0 Å². The molecule has 0 atom stereocenters. The lowest BCUT2D eigenvalue weighted by Crippen LogP contribution is -2.35. The first-order chi connectivity index (χ1) is 11.8. The number of benzene rings is 1. The van der Waals surface area contributed by atoms with Gasteiger partial charge in [0.25, 0.3) is 11.6 Å². The number of anilines is 1. The number of carbonyl (C=O) groups is 2. The summed E-state index contributed by atoms with van der Waals surface area (Å²) in [7, 11) is 1.33. The molecular formula is C16H15FN4O4. The van der Waals surface area contributed by atoms with E-state index in [0.717, 1.165) is 22.7 Å². The van der Waals surface area contributed by atoms with Crippen molar-refractivity contribution in [3.05, 3.63) is 63.6 Å². The first kappa shape index (κ1) is 18.0. The van der Waals surface area contributed by atoms with Crippen LogP contribution in [-0.4, -0.2) is 40.2 Å². The summed E-state index contributed by atoms with van der Waals surface area (Å²) >= 11 is 0. The highest BCUT2D eigenvalue weighted by atomic mass is 19.1. The van der Waals surface area contributed by atoms with E-state index in [1.165, 1.54) is 7.05 Å². The third-order valence-electron chi connectivity index (χ3n) is 3.28. The molecule has 0 aliphatic heterocycles. The lowest BCUT2D eigenvalue weighted by Gasteiger charge is -2.17.